The Morgan fingerprint density at radius 2 is 1.76 bits per heavy atom. The number of hydrogen-bond acceptors (Lipinski definition) is 0. The maximum absolute atomic E-state index is 2.49. The number of fused-ring (bicyclic) bond motifs is 2. The van der Waals surface area contributed by atoms with Crippen LogP contribution < -0.4 is 0 Å². The molecular weight excluding hydrogens is 419 g/mol. The van der Waals surface area contributed by atoms with E-state index in [0.29, 0.717) is 5.41 Å². The molecule has 0 fully saturated rings. The van der Waals surface area contributed by atoms with Crippen molar-refractivity contribution in [2.75, 3.05) is 0 Å². The van der Waals surface area contributed by atoms with Crippen LogP contribution >= 0.6 is 0 Å². The van der Waals surface area contributed by atoms with E-state index in [0.717, 1.165) is 0 Å². The number of unbranched alkanes of at least 4 members (excludes halogenated alkanes) is 3. The van der Waals surface area contributed by atoms with Gasteiger partial charge in [0.1, 0.15) is 0 Å². The van der Waals surface area contributed by atoms with Crippen LogP contribution in [-0.4, -0.2) is 0 Å². The van der Waals surface area contributed by atoms with E-state index in [2.05, 4.69) is 45.0 Å². The fraction of sp³-hybridized carbons (Fsp3) is 0.550. The Hall–Kier alpha value is -0.300. The molecule has 0 saturated heterocycles. The Bertz CT molecular complexity index is 604. The average molecular weight is 446 g/mol. The van der Waals surface area contributed by atoms with Crippen LogP contribution in [0, 0.1) is 5.41 Å². The van der Waals surface area contributed by atoms with Crippen LogP contribution in [0.2, 0.25) is 0 Å². The van der Waals surface area contributed by atoms with E-state index >= 15 is 0 Å². The van der Waals surface area contributed by atoms with Crippen molar-refractivity contribution in [3.05, 3.63) is 41.0 Å². The number of hydrogen-bond donors (Lipinski definition) is 0. The molecule has 3 rings (SSSR count). The molecule has 0 heterocycles. The second kappa shape index (κ2) is 6.86. The maximum Gasteiger partial charge on any atom is 0 e. The van der Waals surface area contributed by atoms with Gasteiger partial charge in [0.05, 0.1) is 0 Å². The van der Waals surface area contributed by atoms with Crippen LogP contribution in [0.15, 0.2) is 24.3 Å². The van der Waals surface area contributed by atoms with Gasteiger partial charge in [-0.3, -0.25) is 0 Å². The molecular formula is C20H27Hf-. The van der Waals surface area contributed by atoms with Gasteiger partial charge in [-0.1, -0.05) is 64.0 Å². The first kappa shape index (κ1) is 17.1. The summed E-state index contributed by atoms with van der Waals surface area (Å²) in [5, 5.41) is 2.99. The molecule has 21 heavy (non-hydrogen) atoms. The zero-order chi connectivity index (χ0) is 14.2. The third-order valence-electron chi connectivity index (χ3n) is 4.82. The second-order valence-electron chi connectivity index (χ2n) is 7.40. The largest absolute Gasteiger partial charge is 0.168 e. The topological polar surface area (TPSA) is 0 Å². The van der Waals surface area contributed by atoms with Crippen molar-refractivity contribution >= 4 is 10.8 Å². The number of aryl methyl sites for hydroxylation is 1. The van der Waals surface area contributed by atoms with E-state index in [1.54, 1.807) is 16.7 Å². The standard InChI is InChI=1S/C20H27.Hf/c1-4-5-6-7-8-15-9-10-16-11-17-13-20(2,3)14-18(17)12-19(15)16;/h9-12H,4-8,13-14H2,1-3H3;/q-1;. The molecule has 0 radical (unpaired) electrons. The van der Waals surface area contributed by atoms with Gasteiger partial charge in [0.15, 0.2) is 0 Å². The van der Waals surface area contributed by atoms with Gasteiger partial charge in [0, 0.05) is 25.8 Å². The zero-order valence-electron chi connectivity index (χ0n) is 13.8. The summed E-state index contributed by atoms with van der Waals surface area (Å²) in [6.45, 7) is 7.07. The van der Waals surface area contributed by atoms with Crippen molar-refractivity contribution in [3.8, 4) is 0 Å². The van der Waals surface area contributed by atoms with Crippen LogP contribution in [0.1, 0.15) is 63.1 Å². The summed E-state index contributed by atoms with van der Waals surface area (Å²) in [5.74, 6) is 0. The Morgan fingerprint density at radius 3 is 2.48 bits per heavy atom. The van der Waals surface area contributed by atoms with Gasteiger partial charge in [-0.05, 0) is 18.3 Å². The van der Waals surface area contributed by atoms with Gasteiger partial charge in [0.25, 0.3) is 0 Å². The molecule has 0 aliphatic heterocycles. The third-order valence-corrected chi connectivity index (χ3v) is 4.82. The van der Waals surface area contributed by atoms with Crippen molar-refractivity contribution < 1.29 is 25.8 Å². The Morgan fingerprint density at radius 1 is 1.05 bits per heavy atom. The van der Waals surface area contributed by atoms with Gasteiger partial charge in [-0.2, -0.15) is 6.07 Å². The quantitative estimate of drug-likeness (QED) is 0.310. The first-order chi connectivity index (χ1) is 9.59. The Balaban J connectivity index is 0.00000161. The molecule has 0 N–H and O–H groups in total. The maximum atomic E-state index is 2.49. The first-order valence-corrected chi connectivity index (χ1v) is 8.29. The molecule has 0 amide bonds. The molecule has 2 aromatic carbocycles. The van der Waals surface area contributed by atoms with Gasteiger partial charge in [-0.15, -0.1) is 34.5 Å². The predicted molar refractivity (Wildman–Crippen MR) is 88.6 cm³/mol. The normalized spacial score (nSPS) is 16.0. The molecule has 1 aliphatic rings. The molecule has 0 spiro atoms. The molecule has 1 heteroatoms. The SMILES string of the molecule is CCCCCC[c-]1ccc2cc3c(cc21)CC(C)(C)C3.[Hf]. The first-order valence-electron chi connectivity index (χ1n) is 8.29. The average Bonchev–Trinajstić information content (AvgIpc) is 2.90. The van der Waals surface area contributed by atoms with E-state index in [-0.39, 0.29) is 25.8 Å². The number of rotatable bonds is 5. The van der Waals surface area contributed by atoms with E-state index in [1.807, 2.05) is 0 Å². The summed E-state index contributed by atoms with van der Waals surface area (Å²) in [6, 6.07) is 9.64. The zero-order valence-corrected chi connectivity index (χ0v) is 17.4. The molecule has 0 saturated carbocycles. The third kappa shape index (κ3) is 3.73. The van der Waals surface area contributed by atoms with Crippen molar-refractivity contribution in [2.24, 2.45) is 5.41 Å². The van der Waals surface area contributed by atoms with Crippen LogP contribution in [0.25, 0.3) is 10.8 Å². The Labute approximate surface area is 148 Å². The van der Waals surface area contributed by atoms with E-state index in [1.165, 1.54) is 55.7 Å². The van der Waals surface area contributed by atoms with Gasteiger partial charge >= 0.3 is 0 Å². The predicted octanol–water partition coefficient (Wildman–Crippen LogP) is 5.80. The molecule has 0 atom stereocenters. The summed E-state index contributed by atoms with van der Waals surface area (Å²) in [7, 11) is 0. The smallest absolute Gasteiger partial charge is 0 e. The summed E-state index contributed by atoms with van der Waals surface area (Å²) in [6.07, 6.45) is 9.17. The van der Waals surface area contributed by atoms with Crippen LogP contribution in [0.3, 0.4) is 0 Å². The van der Waals surface area contributed by atoms with Gasteiger partial charge in [-0.25, -0.2) is 0 Å². The van der Waals surface area contributed by atoms with Crippen LogP contribution in [0.5, 0.6) is 0 Å². The van der Waals surface area contributed by atoms with Crippen molar-refractivity contribution in [3.63, 3.8) is 0 Å². The molecule has 0 unspecified atom stereocenters. The molecule has 0 bridgehead atoms. The monoisotopic (exact) mass is 447 g/mol. The molecule has 0 nitrogen and oxygen atoms in total. The van der Waals surface area contributed by atoms with Gasteiger partial charge in [0.2, 0.25) is 0 Å². The summed E-state index contributed by atoms with van der Waals surface area (Å²) >= 11 is 0. The minimum Gasteiger partial charge on any atom is -0.168 e. The van der Waals surface area contributed by atoms with Crippen LogP contribution in [-0.2, 0) is 45.1 Å². The second-order valence-corrected chi connectivity index (χ2v) is 7.40. The van der Waals surface area contributed by atoms with E-state index in [9.17, 15) is 0 Å². The molecule has 1 aliphatic carbocycles. The molecule has 112 valence electrons. The van der Waals surface area contributed by atoms with Crippen molar-refractivity contribution in [2.45, 2.75) is 65.7 Å². The van der Waals surface area contributed by atoms with Crippen LogP contribution in [0.4, 0.5) is 0 Å². The van der Waals surface area contributed by atoms with E-state index < -0.39 is 0 Å². The number of benzene rings is 1. The summed E-state index contributed by atoms with van der Waals surface area (Å²) in [5.41, 5.74) is 5.22. The molecule has 2 aromatic rings. The summed E-state index contributed by atoms with van der Waals surface area (Å²) in [4.78, 5) is 0. The summed E-state index contributed by atoms with van der Waals surface area (Å²) < 4.78 is 0. The fourth-order valence-corrected chi connectivity index (χ4v) is 3.79. The van der Waals surface area contributed by atoms with Crippen molar-refractivity contribution in [1.29, 1.82) is 0 Å². The minimum absolute atomic E-state index is 0. The van der Waals surface area contributed by atoms with Gasteiger partial charge < -0.3 is 0 Å². The molecule has 0 aromatic heterocycles. The Kier molecular flexibility index (Phi) is 5.57. The van der Waals surface area contributed by atoms with E-state index in [4.69, 9.17) is 0 Å². The minimum atomic E-state index is 0. The fourth-order valence-electron chi connectivity index (χ4n) is 3.79. The van der Waals surface area contributed by atoms with Crippen molar-refractivity contribution in [1.82, 2.24) is 0 Å².